The number of aromatic nitrogens is 1. The molecule has 1 aromatic carbocycles. The van der Waals surface area contributed by atoms with Gasteiger partial charge in [0.25, 0.3) is 0 Å². The molecule has 0 saturated heterocycles. The molecule has 1 amide bonds. The Morgan fingerprint density at radius 1 is 1.32 bits per heavy atom. The van der Waals surface area contributed by atoms with Crippen LogP contribution in [0.25, 0.3) is 10.9 Å². The van der Waals surface area contributed by atoms with E-state index in [1.54, 1.807) is 4.90 Å². The Kier molecular flexibility index (Phi) is 3.84. The first-order chi connectivity index (χ1) is 13.4. The summed E-state index contributed by atoms with van der Waals surface area (Å²) in [5.41, 5.74) is 12.5. The van der Waals surface area contributed by atoms with Gasteiger partial charge in [0.2, 0.25) is 5.91 Å². The van der Waals surface area contributed by atoms with Gasteiger partial charge in [-0.15, -0.1) is 0 Å². The molecule has 3 heterocycles. The van der Waals surface area contributed by atoms with Crippen LogP contribution in [-0.4, -0.2) is 40.4 Å². The largest absolute Gasteiger partial charge is 0.394 e. The van der Waals surface area contributed by atoms with E-state index < -0.39 is 11.5 Å². The van der Waals surface area contributed by atoms with Crippen LogP contribution in [0.4, 0.5) is 5.69 Å². The second-order valence-electron chi connectivity index (χ2n) is 8.60. The first-order valence-corrected chi connectivity index (χ1v) is 9.91. The number of aromatic amines is 1. The number of β-amino-alcohol motifs (C(OH)–C–C–N with tert-alkyl or cyclic N) is 1. The SMILES string of the molecule is CC1(C)C(=O)N(CC(O)CO)c2cc3c4c([nH]c3cc21)C1NNC=C1CCC4. The van der Waals surface area contributed by atoms with Crippen LogP contribution in [0.3, 0.4) is 0 Å². The molecule has 1 aliphatic carbocycles. The zero-order valence-electron chi connectivity index (χ0n) is 16.2. The standard InChI is InChI=1S/C21H26N4O3/c1-21(2)15-7-16-14(6-17(15)25(20(21)28)9-12(27)10-26)13-5-3-4-11-8-22-24-18(11)19(13)23-16/h6-8,12,18,22-24,26-27H,3-5,9-10H2,1-2H3. The van der Waals surface area contributed by atoms with Crippen molar-refractivity contribution in [1.29, 1.82) is 0 Å². The van der Waals surface area contributed by atoms with E-state index in [1.165, 1.54) is 16.8 Å². The number of fused-ring (bicyclic) bond motifs is 6. The lowest BCUT2D eigenvalue weighted by molar-refractivity contribution is -0.122. The highest BCUT2D eigenvalue weighted by atomic mass is 16.3. The number of nitrogens with zero attached hydrogens (tertiary/aromatic N) is 1. The minimum atomic E-state index is -0.953. The molecule has 5 rings (SSSR count). The zero-order valence-corrected chi connectivity index (χ0v) is 16.2. The first-order valence-electron chi connectivity index (χ1n) is 9.91. The monoisotopic (exact) mass is 382 g/mol. The maximum absolute atomic E-state index is 13.0. The Hall–Kier alpha value is -2.35. The third-order valence-electron chi connectivity index (χ3n) is 6.44. The van der Waals surface area contributed by atoms with Gasteiger partial charge in [-0.2, -0.15) is 0 Å². The van der Waals surface area contributed by atoms with Crippen molar-refractivity contribution in [3.63, 3.8) is 0 Å². The van der Waals surface area contributed by atoms with Crippen molar-refractivity contribution in [3.05, 3.63) is 40.7 Å². The van der Waals surface area contributed by atoms with Gasteiger partial charge in [-0.3, -0.25) is 4.79 Å². The van der Waals surface area contributed by atoms with Gasteiger partial charge in [-0.25, -0.2) is 5.43 Å². The van der Waals surface area contributed by atoms with Crippen molar-refractivity contribution >= 4 is 22.5 Å². The summed E-state index contributed by atoms with van der Waals surface area (Å²) in [5, 5.41) is 20.4. The summed E-state index contributed by atoms with van der Waals surface area (Å²) < 4.78 is 0. The molecule has 0 bridgehead atoms. The molecular formula is C21H26N4O3. The number of aliphatic hydroxyl groups is 2. The number of H-pyrrole nitrogens is 1. The first kappa shape index (κ1) is 17.7. The van der Waals surface area contributed by atoms with Crippen LogP contribution in [0.1, 0.15) is 49.6 Å². The fraction of sp³-hybridized carbons (Fsp3) is 0.476. The summed E-state index contributed by atoms with van der Waals surface area (Å²) in [7, 11) is 0. The number of aliphatic hydroxyl groups excluding tert-OH is 2. The van der Waals surface area contributed by atoms with E-state index in [-0.39, 0.29) is 25.1 Å². The summed E-state index contributed by atoms with van der Waals surface area (Å²) in [6.45, 7) is 3.58. The third-order valence-corrected chi connectivity index (χ3v) is 6.44. The molecule has 7 nitrogen and oxygen atoms in total. The molecular weight excluding hydrogens is 356 g/mol. The van der Waals surface area contributed by atoms with E-state index in [0.29, 0.717) is 0 Å². The fourth-order valence-electron chi connectivity index (χ4n) is 4.90. The van der Waals surface area contributed by atoms with Crippen LogP contribution in [0.15, 0.2) is 23.9 Å². The maximum Gasteiger partial charge on any atom is 0.237 e. The highest BCUT2D eigenvalue weighted by Crippen LogP contribution is 2.46. The van der Waals surface area contributed by atoms with E-state index in [2.05, 4.69) is 34.2 Å². The number of amides is 1. The zero-order chi connectivity index (χ0) is 19.6. The number of carbonyl (C=O) groups excluding carboxylic acids is 1. The van der Waals surface area contributed by atoms with Crippen LogP contribution in [-0.2, 0) is 16.6 Å². The average Bonchev–Trinajstić information content (AvgIpc) is 3.29. The number of rotatable bonds is 3. The highest BCUT2D eigenvalue weighted by Gasteiger charge is 2.45. The number of carbonyl (C=O) groups is 1. The molecule has 3 aliphatic rings. The fourth-order valence-corrected chi connectivity index (χ4v) is 4.90. The van der Waals surface area contributed by atoms with Crippen molar-refractivity contribution in [3.8, 4) is 0 Å². The van der Waals surface area contributed by atoms with Gasteiger partial charge >= 0.3 is 0 Å². The van der Waals surface area contributed by atoms with Crippen molar-refractivity contribution in [2.45, 2.75) is 50.7 Å². The number of hydrazine groups is 1. The van der Waals surface area contributed by atoms with E-state index >= 15 is 0 Å². The number of hydrogen-bond acceptors (Lipinski definition) is 5. The summed E-state index contributed by atoms with van der Waals surface area (Å²) in [5.74, 6) is -0.0411. The number of aryl methyl sites for hydroxylation is 1. The molecule has 0 radical (unpaired) electrons. The van der Waals surface area contributed by atoms with E-state index in [4.69, 9.17) is 0 Å². The molecule has 148 valence electrons. The van der Waals surface area contributed by atoms with Crippen LogP contribution in [0.2, 0.25) is 0 Å². The minimum absolute atomic E-state index is 0.0411. The number of nitrogens with one attached hydrogen (secondary N) is 3. The Labute approximate surface area is 163 Å². The summed E-state index contributed by atoms with van der Waals surface area (Å²) in [6.07, 6.45) is 4.23. The van der Waals surface area contributed by atoms with Crippen molar-refractivity contribution in [2.75, 3.05) is 18.1 Å². The van der Waals surface area contributed by atoms with Gasteiger partial charge < -0.3 is 25.5 Å². The van der Waals surface area contributed by atoms with Crippen molar-refractivity contribution in [1.82, 2.24) is 15.8 Å². The van der Waals surface area contributed by atoms with Gasteiger partial charge in [0.15, 0.2) is 0 Å². The minimum Gasteiger partial charge on any atom is -0.394 e. The molecule has 2 unspecified atom stereocenters. The Bertz CT molecular complexity index is 1010. The highest BCUT2D eigenvalue weighted by molar-refractivity contribution is 6.10. The van der Waals surface area contributed by atoms with E-state index in [0.717, 1.165) is 41.4 Å². The van der Waals surface area contributed by atoms with Crippen molar-refractivity contribution in [2.24, 2.45) is 0 Å². The van der Waals surface area contributed by atoms with Crippen LogP contribution < -0.4 is 15.8 Å². The van der Waals surface area contributed by atoms with E-state index in [1.807, 2.05) is 13.8 Å². The Morgan fingerprint density at radius 3 is 2.93 bits per heavy atom. The predicted octanol–water partition coefficient (Wildman–Crippen LogP) is 1.51. The van der Waals surface area contributed by atoms with Crippen LogP contribution in [0.5, 0.6) is 0 Å². The number of hydrogen-bond donors (Lipinski definition) is 5. The summed E-state index contributed by atoms with van der Waals surface area (Å²) in [6, 6.07) is 4.34. The molecule has 2 aliphatic heterocycles. The third kappa shape index (κ3) is 2.36. The van der Waals surface area contributed by atoms with Gasteiger partial charge in [-0.1, -0.05) is 0 Å². The second kappa shape index (κ2) is 6.07. The van der Waals surface area contributed by atoms with Crippen LogP contribution in [0, 0.1) is 0 Å². The maximum atomic E-state index is 13.0. The Balaban J connectivity index is 1.68. The second-order valence-corrected chi connectivity index (χ2v) is 8.60. The summed E-state index contributed by atoms with van der Waals surface area (Å²) in [4.78, 5) is 18.3. The Morgan fingerprint density at radius 2 is 2.14 bits per heavy atom. The molecule has 0 fully saturated rings. The lowest BCUT2D eigenvalue weighted by Crippen LogP contribution is -2.41. The molecule has 5 N–H and O–H groups in total. The van der Waals surface area contributed by atoms with Gasteiger partial charge in [0, 0.05) is 28.5 Å². The molecule has 1 aromatic heterocycles. The molecule has 7 heteroatoms. The molecule has 0 saturated carbocycles. The molecule has 2 atom stereocenters. The van der Waals surface area contributed by atoms with Gasteiger partial charge in [-0.05, 0) is 61.9 Å². The lowest BCUT2D eigenvalue weighted by Gasteiger charge is -2.22. The number of benzene rings is 1. The topological polar surface area (TPSA) is 101 Å². The quantitative estimate of drug-likeness (QED) is 0.554. The summed E-state index contributed by atoms with van der Waals surface area (Å²) >= 11 is 0. The van der Waals surface area contributed by atoms with Crippen molar-refractivity contribution < 1.29 is 15.0 Å². The smallest absolute Gasteiger partial charge is 0.237 e. The van der Waals surface area contributed by atoms with Gasteiger partial charge in [0.05, 0.1) is 30.7 Å². The normalized spacial score (nSPS) is 23.7. The lowest BCUT2D eigenvalue weighted by atomic mass is 9.85. The van der Waals surface area contributed by atoms with Gasteiger partial charge in [0.1, 0.15) is 0 Å². The van der Waals surface area contributed by atoms with E-state index in [9.17, 15) is 15.0 Å². The van der Waals surface area contributed by atoms with Crippen LogP contribution >= 0.6 is 0 Å². The molecule has 2 aromatic rings. The molecule has 0 spiro atoms. The average molecular weight is 382 g/mol. The predicted molar refractivity (Wildman–Crippen MR) is 107 cm³/mol. The molecule has 28 heavy (non-hydrogen) atoms. The number of anilines is 1.